The second-order valence-electron chi connectivity index (χ2n) is 9.41. The predicted molar refractivity (Wildman–Crippen MR) is 127 cm³/mol. The number of hydrogen-bond acceptors (Lipinski definition) is 3. The van der Waals surface area contributed by atoms with Gasteiger partial charge in [-0.3, -0.25) is 9.69 Å². The Bertz CT molecular complexity index is 1170. The number of anilines is 1. The van der Waals surface area contributed by atoms with Crippen LogP contribution < -0.4 is 5.32 Å². The van der Waals surface area contributed by atoms with Gasteiger partial charge in [0.05, 0.1) is 22.7 Å². The van der Waals surface area contributed by atoms with E-state index in [0.717, 1.165) is 80.3 Å². The van der Waals surface area contributed by atoms with Crippen LogP contribution in [0, 0.1) is 16.7 Å². The Labute approximate surface area is 189 Å². The number of aromatic amines is 1. The van der Waals surface area contributed by atoms with E-state index in [4.69, 9.17) is 0 Å². The molecule has 164 valence electrons. The first kappa shape index (κ1) is 20.8. The lowest BCUT2D eigenvalue weighted by Gasteiger charge is -2.38. The van der Waals surface area contributed by atoms with E-state index in [0.29, 0.717) is 0 Å². The van der Waals surface area contributed by atoms with Crippen LogP contribution in [0.2, 0.25) is 0 Å². The van der Waals surface area contributed by atoms with Crippen molar-refractivity contribution in [2.75, 3.05) is 18.4 Å². The summed E-state index contributed by atoms with van der Waals surface area (Å²) in [6.45, 7) is 2.79. The quantitative estimate of drug-likeness (QED) is 0.576. The van der Waals surface area contributed by atoms with Crippen molar-refractivity contribution in [2.24, 2.45) is 5.41 Å². The van der Waals surface area contributed by atoms with Gasteiger partial charge in [0.1, 0.15) is 0 Å². The van der Waals surface area contributed by atoms with E-state index in [-0.39, 0.29) is 11.3 Å². The van der Waals surface area contributed by atoms with E-state index in [9.17, 15) is 10.1 Å². The van der Waals surface area contributed by atoms with E-state index in [1.165, 1.54) is 17.5 Å². The number of carbonyl (C=O) groups is 1. The van der Waals surface area contributed by atoms with Crippen LogP contribution in [0.25, 0.3) is 10.9 Å². The third-order valence-corrected chi connectivity index (χ3v) is 7.47. The lowest BCUT2D eigenvalue weighted by atomic mass is 9.71. The lowest BCUT2D eigenvalue weighted by molar-refractivity contribution is -0.128. The largest absolute Gasteiger partial charge is 0.361 e. The molecule has 2 N–H and O–H groups in total. The van der Waals surface area contributed by atoms with Gasteiger partial charge in [0.2, 0.25) is 5.91 Å². The molecule has 0 spiro atoms. The molecule has 1 amide bonds. The summed E-state index contributed by atoms with van der Waals surface area (Å²) in [5.41, 5.74) is 4.99. The number of hydrogen-bond donors (Lipinski definition) is 2. The van der Waals surface area contributed by atoms with Crippen LogP contribution in [-0.4, -0.2) is 28.9 Å². The number of aromatic nitrogens is 1. The highest BCUT2D eigenvalue weighted by Gasteiger charge is 2.39. The van der Waals surface area contributed by atoms with Crippen LogP contribution in [0.15, 0.2) is 48.7 Å². The first-order valence-corrected chi connectivity index (χ1v) is 11.8. The van der Waals surface area contributed by atoms with Crippen LogP contribution in [0.5, 0.6) is 0 Å². The topological polar surface area (TPSA) is 71.9 Å². The minimum absolute atomic E-state index is 0.176. The molecular formula is C27H30N4O. The molecule has 1 saturated carbocycles. The molecule has 2 aliphatic rings. The first-order valence-electron chi connectivity index (χ1n) is 11.8. The smallest absolute Gasteiger partial charge is 0.230 e. The normalized spacial score (nSPS) is 18.1. The number of H-pyrrole nitrogens is 1. The van der Waals surface area contributed by atoms with E-state index < -0.39 is 0 Å². The van der Waals surface area contributed by atoms with Crippen molar-refractivity contribution in [3.8, 4) is 6.07 Å². The standard InChI is InChI=1S/C27H30N4O/c28-18-20-7-8-21-10-15-31(19-22(21)17-20)16-13-27(11-2-1-3-12-27)26(32)30-25-6-4-5-24-23(25)9-14-29-24/h4-9,14,17,29H,1-3,10-13,15-16,19H2,(H,30,32). The molecule has 1 aliphatic heterocycles. The van der Waals surface area contributed by atoms with Crippen molar-refractivity contribution < 1.29 is 4.79 Å². The zero-order chi connectivity index (χ0) is 22.0. The third-order valence-electron chi connectivity index (χ3n) is 7.47. The molecule has 5 rings (SSSR count). The number of nitrogens with zero attached hydrogens (tertiary/aromatic N) is 2. The van der Waals surface area contributed by atoms with Crippen LogP contribution in [0.1, 0.15) is 55.2 Å². The van der Waals surface area contributed by atoms with Gasteiger partial charge in [0, 0.05) is 30.2 Å². The average Bonchev–Trinajstić information content (AvgIpc) is 3.33. The zero-order valence-corrected chi connectivity index (χ0v) is 18.5. The Balaban J connectivity index is 1.31. The maximum absolute atomic E-state index is 13.6. The van der Waals surface area contributed by atoms with Crippen molar-refractivity contribution >= 4 is 22.5 Å². The number of benzene rings is 2. The minimum Gasteiger partial charge on any atom is -0.361 e. The number of nitrogens with one attached hydrogen (secondary N) is 2. The molecule has 2 heterocycles. The number of carbonyl (C=O) groups excluding carboxylic acids is 1. The summed E-state index contributed by atoms with van der Waals surface area (Å²) >= 11 is 0. The molecule has 1 aliphatic carbocycles. The van der Waals surface area contributed by atoms with E-state index >= 15 is 0 Å². The van der Waals surface area contributed by atoms with Crippen molar-refractivity contribution in [1.29, 1.82) is 5.26 Å². The van der Waals surface area contributed by atoms with Gasteiger partial charge in [-0.2, -0.15) is 5.26 Å². The van der Waals surface area contributed by atoms with Crippen molar-refractivity contribution in [1.82, 2.24) is 9.88 Å². The van der Waals surface area contributed by atoms with Crippen molar-refractivity contribution in [3.63, 3.8) is 0 Å². The molecule has 0 radical (unpaired) electrons. The molecule has 0 saturated heterocycles. The number of amides is 1. The molecular weight excluding hydrogens is 396 g/mol. The average molecular weight is 427 g/mol. The van der Waals surface area contributed by atoms with E-state index in [1.54, 1.807) is 0 Å². The van der Waals surface area contributed by atoms with Gasteiger partial charge in [-0.05, 0) is 73.7 Å². The van der Waals surface area contributed by atoms with Gasteiger partial charge >= 0.3 is 0 Å². The van der Waals surface area contributed by atoms with Crippen LogP contribution in [0.3, 0.4) is 0 Å². The van der Waals surface area contributed by atoms with Crippen molar-refractivity contribution in [2.45, 2.75) is 51.5 Å². The number of rotatable bonds is 5. The highest BCUT2D eigenvalue weighted by molar-refractivity contribution is 6.03. The molecule has 32 heavy (non-hydrogen) atoms. The maximum Gasteiger partial charge on any atom is 0.230 e. The molecule has 1 fully saturated rings. The van der Waals surface area contributed by atoms with Crippen molar-refractivity contribution in [3.05, 3.63) is 65.4 Å². The maximum atomic E-state index is 13.6. The Morgan fingerprint density at radius 1 is 1.12 bits per heavy atom. The molecule has 3 aromatic rings. The molecule has 0 unspecified atom stereocenters. The Kier molecular flexibility index (Phi) is 5.71. The van der Waals surface area contributed by atoms with Gasteiger partial charge in [-0.1, -0.05) is 31.4 Å². The molecule has 0 atom stereocenters. The summed E-state index contributed by atoms with van der Waals surface area (Å²) in [5, 5.41) is 13.6. The first-order chi connectivity index (χ1) is 15.7. The predicted octanol–water partition coefficient (Wildman–Crippen LogP) is 5.38. The Morgan fingerprint density at radius 2 is 2.00 bits per heavy atom. The summed E-state index contributed by atoms with van der Waals surface area (Å²) in [7, 11) is 0. The third kappa shape index (κ3) is 4.03. The van der Waals surface area contributed by atoms with Gasteiger partial charge in [0.15, 0.2) is 0 Å². The Hall–Kier alpha value is -3.10. The van der Waals surface area contributed by atoms with Gasteiger partial charge < -0.3 is 10.3 Å². The molecule has 2 aromatic carbocycles. The summed E-state index contributed by atoms with van der Waals surface area (Å²) in [4.78, 5) is 19.3. The minimum atomic E-state index is -0.300. The lowest BCUT2D eigenvalue weighted by Crippen LogP contribution is -2.42. The summed E-state index contributed by atoms with van der Waals surface area (Å²) < 4.78 is 0. The van der Waals surface area contributed by atoms with Crippen LogP contribution in [-0.2, 0) is 17.8 Å². The zero-order valence-electron chi connectivity index (χ0n) is 18.5. The summed E-state index contributed by atoms with van der Waals surface area (Å²) in [5.74, 6) is 0.176. The fourth-order valence-corrected chi connectivity index (χ4v) is 5.52. The molecule has 5 heteroatoms. The summed E-state index contributed by atoms with van der Waals surface area (Å²) in [6.07, 6.45) is 9.20. The summed E-state index contributed by atoms with van der Waals surface area (Å²) in [6, 6.07) is 16.4. The molecule has 1 aromatic heterocycles. The second-order valence-corrected chi connectivity index (χ2v) is 9.41. The molecule has 0 bridgehead atoms. The molecule has 5 nitrogen and oxygen atoms in total. The highest BCUT2D eigenvalue weighted by Crippen LogP contribution is 2.41. The number of nitriles is 1. The number of fused-ring (bicyclic) bond motifs is 2. The monoisotopic (exact) mass is 426 g/mol. The van der Waals surface area contributed by atoms with Crippen LogP contribution in [0.4, 0.5) is 5.69 Å². The van der Waals surface area contributed by atoms with Gasteiger partial charge in [0.25, 0.3) is 0 Å². The van der Waals surface area contributed by atoms with Gasteiger partial charge in [-0.15, -0.1) is 0 Å². The second kappa shape index (κ2) is 8.80. The Morgan fingerprint density at radius 3 is 2.84 bits per heavy atom. The fraction of sp³-hybridized carbons (Fsp3) is 0.407. The highest BCUT2D eigenvalue weighted by atomic mass is 16.2. The van der Waals surface area contributed by atoms with E-state index in [1.807, 2.05) is 42.6 Å². The van der Waals surface area contributed by atoms with E-state index in [2.05, 4.69) is 27.3 Å². The SMILES string of the molecule is N#Cc1ccc2c(c1)CN(CCC1(C(=O)Nc3cccc4[nH]ccc34)CCCCC1)CC2. The van der Waals surface area contributed by atoms with Crippen LogP contribution >= 0.6 is 0 Å². The fourth-order valence-electron chi connectivity index (χ4n) is 5.52. The van der Waals surface area contributed by atoms with Gasteiger partial charge in [-0.25, -0.2) is 0 Å².